The SMILES string of the molecule is CC/C=C\C/C=C\C/C=C\C/C=C\C/C=C\C/C=C\C/C=C\C/C=C\C/C=C\C/C=C\CCCCCCCCC(=O)OC(COC(=O)CCCCCCCCCCCCC/C=C\C/C=C\C/C=C\C/C=C\C/C=C\CC)COC(OCC[N+](C)(C)C)C(=O)O. The molecule has 0 aromatic rings. The largest absolute Gasteiger partial charge is 0.477 e. The first-order chi connectivity index (χ1) is 43.6. The Morgan fingerprint density at radius 3 is 0.899 bits per heavy atom. The fourth-order valence-electron chi connectivity index (χ4n) is 8.89. The van der Waals surface area contributed by atoms with Gasteiger partial charge in [-0.2, -0.15) is 0 Å². The predicted octanol–water partition coefficient (Wildman–Crippen LogP) is 22.0. The van der Waals surface area contributed by atoms with Crippen molar-refractivity contribution in [2.24, 2.45) is 0 Å². The van der Waals surface area contributed by atoms with Crippen molar-refractivity contribution in [1.29, 1.82) is 0 Å². The number of aliphatic carboxylic acids is 1. The Bertz CT molecular complexity index is 2120. The van der Waals surface area contributed by atoms with Gasteiger partial charge in [0, 0.05) is 12.8 Å². The third kappa shape index (κ3) is 69.7. The first-order valence-corrected chi connectivity index (χ1v) is 34.9. The summed E-state index contributed by atoms with van der Waals surface area (Å²) in [7, 11) is 5.96. The zero-order valence-electron chi connectivity index (χ0n) is 57.0. The topological polar surface area (TPSA) is 108 Å². The molecule has 0 heterocycles. The maximum absolute atomic E-state index is 12.9. The van der Waals surface area contributed by atoms with Crippen molar-refractivity contribution in [1.82, 2.24) is 0 Å². The van der Waals surface area contributed by atoms with Crippen LogP contribution < -0.4 is 0 Å². The number of hydrogen-bond acceptors (Lipinski definition) is 7. The molecule has 0 bridgehead atoms. The normalized spacial score (nSPS) is 13.9. The fraction of sp³-hybridized carbons (Fsp3) is 0.588. The average Bonchev–Trinajstić information content (AvgIpc) is 3.70. The van der Waals surface area contributed by atoms with E-state index in [1.807, 2.05) is 21.1 Å². The second-order valence-electron chi connectivity index (χ2n) is 23.7. The third-order valence-corrected chi connectivity index (χ3v) is 14.2. The number of quaternary nitrogens is 1. The van der Waals surface area contributed by atoms with Gasteiger partial charge in [0.2, 0.25) is 0 Å². The number of allylic oxidation sites excluding steroid dienone is 30. The number of esters is 2. The molecule has 0 aliphatic carbocycles. The van der Waals surface area contributed by atoms with Crippen LogP contribution in [0.1, 0.15) is 245 Å². The van der Waals surface area contributed by atoms with E-state index in [2.05, 4.69) is 196 Å². The van der Waals surface area contributed by atoms with Crippen LogP contribution in [0.3, 0.4) is 0 Å². The van der Waals surface area contributed by atoms with Gasteiger partial charge in [0.15, 0.2) is 6.10 Å². The summed E-state index contributed by atoms with van der Waals surface area (Å²) in [5.41, 5.74) is 0. The van der Waals surface area contributed by atoms with Crippen molar-refractivity contribution in [2.45, 2.75) is 257 Å². The molecule has 0 fully saturated rings. The smallest absolute Gasteiger partial charge is 0.361 e. The van der Waals surface area contributed by atoms with Crippen LogP contribution in [0.15, 0.2) is 182 Å². The molecule has 9 nitrogen and oxygen atoms in total. The standard InChI is InChI=1S/C80H127NO8/c1-6-8-10-12-14-16-18-20-22-24-26-28-30-32-34-35-36-37-38-39-40-41-42-43-45-47-49-51-53-55-57-59-61-63-65-67-69-71-78(83)89-76(75-88-80(79(84)85)86-73-72-81(3,4)5)74-87-77(82)70-68-66-64-62-60-58-56-54-52-50-48-46-44-33-31-29-27-25-23-21-19-17-15-13-11-9-7-2/h8-11,14-17,20-23,26-29,32-34,36-37,39-40,42-44,47,49,53,55,76,80H,6-7,12-13,18-19,24-25,30-31,35,38,41,45-46,48,50-52,54,56-75H2,1-5H3/p+1/b10-8-,11-9-,16-14-,17-15-,22-20-,23-21-,28-26-,29-27-,34-32-,37-36-,40-39-,43-42-,44-33-,49-47-,55-53-. The molecule has 0 aromatic heterocycles. The lowest BCUT2D eigenvalue weighted by Gasteiger charge is -2.25. The Labute approximate surface area is 545 Å². The molecule has 0 saturated heterocycles. The number of likely N-dealkylation sites (N-methyl/N-ethyl adjacent to an activating group) is 1. The van der Waals surface area contributed by atoms with E-state index in [0.717, 1.165) is 161 Å². The summed E-state index contributed by atoms with van der Waals surface area (Å²) in [5, 5.41) is 9.75. The van der Waals surface area contributed by atoms with Gasteiger partial charge in [-0.15, -0.1) is 0 Å². The zero-order valence-corrected chi connectivity index (χ0v) is 57.0. The number of rotatable bonds is 62. The van der Waals surface area contributed by atoms with Gasteiger partial charge >= 0.3 is 17.9 Å². The summed E-state index contributed by atoms with van der Waals surface area (Å²) < 4.78 is 22.9. The number of carboxylic acids is 1. The van der Waals surface area contributed by atoms with Gasteiger partial charge in [-0.05, 0) is 135 Å². The molecule has 500 valence electrons. The predicted molar refractivity (Wildman–Crippen MR) is 382 cm³/mol. The van der Waals surface area contributed by atoms with Crippen LogP contribution in [0.5, 0.6) is 0 Å². The second-order valence-corrected chi connectivity index (χ2v) is 23.7. The molecule has 0 spiro atoms. The molecule has 0 saturated carbocycles. The summed E-state index contributed by atoms with van der Waals surface area (Å²) >= 11 is 0. The Morgan fingerprint density at radius 2 is 0.607 bits per heavy atom. The van der Waals surface area contributed by atoms with E-state index < -0.39 is 24.3 Å². The van der Waals surface area contributed by atoms with Gasteiger partial charge < -0.3 is 28.5 Å². The number of hydrogen-bond donors (Lipinski definition) is 1. The van der Waals surface area contributed by atoms with Crippen LogP contribution in [0.2, 0.25) is 0 Å². The fourth-order valence-corrected chi connectivity index (χ4v) is 8.89. The number of nitrogens with zero attached hydrogens (tertiary/aromatic N) is 1. The van der Waals surface area contributed by atoms with Crippen LogP contribution >= 0.6 is 0 Å². The molecule has 2 atom stereocenters. The minimum Gasteiger partial charge on any atom is -0.477 e. The van der Waals surface area contributed by atoms with E-state index in [4.69, 9.17) is 18.9 Å². The number of unbranched alkanes of at least 4 members (excludes halogenated alkanes) is 17. The lowest BCUT2D eigenvalue weighted by molar-refractivity contribution is -0.870. The van der Waals surface area contributed by atoms with E-state index in [-0.39, 0.29) is 38.6 Å². The van der Waals surface area contributed by atoms with Crippen LogP contribution in [-0.4, -0.2) is 87.4 Å². The molecule has 2 unspecified atom stereocenters. The van der Waals surface area contributed by atoms with E-state index >= 15 is 0 Å². The van der Waals surface area contributed by atoms with E-state index in [1.54, 1.807) is 0 Å². The minimum absolute atomic E-state index is 0.174. The Kier molecular flexibility index (Phi) is 64.0. The first kappa shape index (κ1) is 83.4. The molecule has 0 rings (SSSR count). The summed E-state index contributed by atoms with van der Waals surface area (Å²) in [6, 6.07) is 0. The number of carbonyl (C=O) groups is 3. The maximum Gasteiger partial charge on any atom is 0.361 e. The first-order valence-electron chi connectivity index (χ1n) is 34.9. The highest BCUT2D eigenvalue weighted by atomic mass is 16.7. The maximum atomic E-state index is 12.9. The Morgan fingerprint density at radius 1 is 0.337 bits per heavy atom. The van der Waals surface area contributed by atoms with Gasteiger partial charge in [-0.25, -0.2) is 4.79 Å². The Hall–Kier alpha value is -5.61. The quantitative estimate of drug-likeness (QED) is 0.0211. The second kappa shape index (κ2) is 68.3. The van der Waals surface area contributed by atoms with Crippen molar-refractivity contribution >= 4 is 17.9 Å². The summed E-state index contributed by atoms with van der Waals surface area (Å²) in [4.78, 5) is 37.6. The Balaban J connectivity index is 4.24. The van der Waals surface area contributed by atoms with Gasteiger partial charge in [0.05, 0.1) is 34.4 Å². The van der Waals surface area contributed by atoms with Gasteiger partial charge in [-0.3, -0.25) is 9.59 Å². The molecular weight excluding hydrogens is 1100 g/mol. The lowest BCUT2D eigenvalue weighted by Crippen LogP contribution is -2.40. The molecule has 0 aliphatic rings. The molecule has 0 radical (unpaired) electrons. The molecule has 9 heteroatoms. The number of carbonyl (C=O) groups excluding carboxylic acids is 2. The lowest BCUT2D eigenvalue weighted by atomic mass is 10.0. The van der Waals surface area contributed by atoms with Crippen LogP contribution in [0.25, 0.3) is 0 Å². The van der Waals surface area contributed by atoms with Crippen molar-refractivity contribution in [3.8, 4) is 0 Å². The third-order valence-electron chi connectivity index (χ3n) is 14.2. The van der Waals surface area contributed by atoms with E-state index in [9.17, 15) is 19.5 Å². The molecular formula is C80H128NO8+. The van der Waals surface area contributed by atoms with Gasteiger partial charge in [0.1, 0.15) is 13.2 Å². The van der Waals surface area contributed by atoms with E-state index in [1.165, 1.54) is 51.4 Å². The summed E-state index contributed by atoms with van der Waals surface area (Å²) in [6.07, 6.45) is 101. The highest BCUT2D eigenvalue weighted by Gasteiger charge is 2.25. The van der Waals surface area contributed by atoms with Crippen molar-refractivity contribution < 1.29 is 42.9 Å². The van der Waals surface area contributed by atoms with Crippen molar-refractivity contribution in [3.05, 3.63) is 182 Å². The van der Waals surface area contributed by atoms with Crippen LogP contribution in [-0.2, 0) is 33.3 Å². The monoisotopic (exact) mass is 1230 g/mol. The molecule has 89 heavy (non-hydrogen) atoms. The highest BCUT2D eigenvalue weighted by Crippen LogP contribution is 2.15. The van der Waals surface area contributed by atoms with Gasteiger partial charge in [-0.1, -0.05) is 280 Å². The molecule has 0 aromatic carbocycles. The van der Waals surface area contributed by atoms with E-state index in [0.29, 0.717) is 17.4 Å². The molecule has 0 amide bonds. The minimum atomic E-state index is -1.53. The van der Waals surface area contributed by atoms with Crippen LogP contribution in [0, 0.1) is 0 Å². The molecule has 1 N–H and O–H groups in total. The summed E-state index contributed by atoms with van der Waals surface area (Å²) in [6.45, 7) is 4.61. The zero-order chi connectivity index (χ0) is 64.7. The van der Waals surface area contributed by atoms with Crippen molar-refractivity contribution in [2.75, 3.05) is 47.5 Å². The molecule has 0 aliphatic heterocycles. The summed E-state index contributed by atoms with van der Waals surface area (Å²) in [5.74, 6) is -2.05. The average molecular weight is 1230 g/mol. The highest BCUT2D eigenvalue weighted by molar-refractivity contribution is 5.71. The number of ether oxygens (including phenoxy) is 4. The van der Waals surface area contributed by atoms with Crippen LogP contribution in [0.4, 0.5) is 0 Å². The number of carboxylic acid groups (broad SMARTS) is 1. The van der Waals surface area contributed by atoms with Gasteiger partial charge in [0.25, 0.3) is 6.29 Å². The van der Waals surface area contributed by atoms with Crippen molar-refractivity contribution in [3.63, 3.8) is 0 Å².